The predicted octanol–water partition coefficient (Wildman–Crippen LogP) is 4.93. The summed E-state index contributed by atoms with van der Waals surface area (Å²) in [6.45, 7) is 4.38. The number of hydrogen-bond acceptors (Lipinski definition) is 5. The molecular formula is C20H22ClN3O3S2. The zero-order valence-corrected chi connectivity index (χ0v) is 18.8. The van der Waals surface area contributed by atoms with Gasteiger partial charge in [-0.05, 0) is 55.3 Å². The summed E-state index contributed by atoms with van der Waals surface area (Å²) in [5.41, 5.74) is 2.09. The maximum atomic E-state index is 12.6. The van der Waals surface area contributed by atoms with Crippen LogP contribution in [-0.2, 0) is 10.0 Å². The highest BCUT2D eigenvalue weighted by molar-refractivity contribution is 7.89. The van der Waals surface area contributed by atoms with Gasteiger partial charge in [0.15, 0.2) is 5.13 Å². The SMILES string of the molecule is CCCCN(C)S(=O)(=O)c1ccc(C(=O)Nc2nc3c(C)cc(Cl)cc3s2)cc1. The average molecular weight is 452 g/mol. The zero-order valence-electron chi connectivity index (χ0n) is 16.4. The first kappa shape index (κ1) is 21.7. The molecule has 0 radical (unpaired) electrons. The lowest BCUT2D eigenvalue weighted by molar-refractivity contribution is 0.102. The number of aryl methyl sites for hydroxylation is 1. The van der Waals surface area contributed by atoms with E-state index in [9.17, 15) is 13.2 Å². The first-order valence-electron chi connectivity index (χ1n) is 9.17. The van der Waals surface area contributed by atoms with E-state index in [-0.39, 0.29) is 10.8 Å². The van der Waals surface area contributed by atoms with Crippen molar-refractivity contribution in [2.45, 2.75) is 31.6 Å². The third-order valence-corrected chi connectivity index (χ3v) is 7.53. The molecule has 0 fully saturated rings. The summed E-state index contributed by atoms with van der Waals surface area (Å²) in [7, 11) is -2.00. The molecule has 1 heterocycles. The molecule has 9 heteroatoms. The van der Waals surface area contributed by atoms with Gasteiger partial charge >= 0.3 is 0 Å². The summed E-state index contributed by atoms with van der Waals surface area (Å²) >= 11 is 7.41. The molecule has 0 bridgehead atoms. The number of nitrogens with zero attached hydrogens (tertiary/aromatic N) is 2. The van der Waals surface area contributed by atoms with Crippen molar-refractivity contribution in [2.75, 3.05) is 18.9 Å². The second kappa shape index (κ2) is 8.79. The van der Waals surface area contributed by atoms with Crippen molar-refractivity contribution in [3.05, 3.63) is 52.5 Å². The Morgan fingerprint density at radius 3 is 2.59 bits per heavy atom. The van der Waals surface area contributed by atoms with Crippen molar-refractivity contribution < 1.29 is 13.2 Å². The van der Waals surface area contributed by atoms with Crippen LogP contribution in [0.25, 0.3) is 10.2 Å². The lowest BCUT2D eigenvalue weighted by atomic mass is 10.2. The summed E-state index contributed by atoms with van der Waals surface area (Å²) in [6, 6.07) is 9.55. The van der Waals surface area contributed by atoms with Crippen LogP contribution in [0.15, 0.2) is 41.3 Å². The minimum atomic E-state index is -3.56. The molecule has 0 unspecified atom stereocenters. The molecule has 154 valence electrons. The molecule has 29 heavy (non-hydrogen) atoms. The van der Waals surface area contributed by atoms with E-state index in [1.165, 1.54) is 39.9 Å². The molecular weight excluding hydrogens is 430 g/mol. The van der Waals surface area contributed by atoms with Crippen molar-refractivity contribution in [3.63, 3.8) is 0 Å². The molecule has 0 spiro atoms. The summed E-state index contributed by atoms with van der Waals surface area (Å²) in [4.78, 5) is 17.2. The number of carbonyl (C=O) groups is 1. The van der Waals surface area contributed by atoms with Crippen molar-refractivity contribution in [3.8, 4) is 0 Å². The van der Waals surface area contributed by atoms with Crippen LogP contribution in [0.4, 0.5) is 5.13 Å². The van der Waals surface area contributed by atoms with Gasteiger partial charge in [0.25, 0.3) is 5.91 Å². The number of sulfonamides is 1. The van der Waals surface area contributed by atoms with E-state index in [4.69, 9.17) is 11.6 Å². The molecule has 3 rings (SSSR count). The standard InChI is InChI=1S/C20H22ClN3O3S2/c1-4-5-10-24(3)29(26,27)16-8-6-14(7-9-16)19(25)23-20-22-18-13(2)11-15(21)12-17(18)28-20/h6-9,11-12H,4-5,10H2,1-3H3,(H,22,23,25). The number of amides is 1. The lowest BCUT2D eigenvalue weighted by Gasteiger charge is -2.16. The van der Waals surface area contributed by atoms with E-state index in [0.717, 1.165) is 28.6 Å². The molecule has 1 aromatic heterocycles. The van der Waals surface area contributed by atoms with Gasteiger partial charge in [0.1, 0.15) is 0 Å². The predicted molar refractivity (Wildman–Crippen MR) is 118 cm³/mol. The van der Waals surface area contributed by atoms with Crippen LogP contribution in [0, 0.1) is 6.92 Å². The number of hydrogen-bond donors (Lipinski definition) is 1. The Morgan fingerprint density at radius 2 is 1.93 bits per heavy atom. The third kappa shape index (κ3) is 4.78. The Hall–Kier alpha value is -2.00. The molecule has 6 nitrogen and oxygen atoms in total. The molecule has 0 aliphatic rings. The fourth-order valence-corrected chi connectivity index (χ4v) is 5.36. The number of aromatic nitrogens is 1. The maximum Gasteiger partial charge on any atom is 0.257 e. The van der Waals surface area contributed by atoms with Gasteiger partial charge in [-0.1, -0.05) is 36.3 Å². The van der Waals surface area contributed by atoms with E-state index >= 15 is 0 Å². The van der Waals surface area contributed by atoms with Crippen molar-refractivity contribution >= 4 is 54.2 Å². The van der Waals surface area contributed by atoms with E-state index in [0.29, 0.717) is 22.3 Å². The Balaban J connectivity index is 1.76. The van der Waals surface area contributed by atoms with Crippen LogP contribution < -0.4 is 5.32 Å². The number of halogens is 1. The van der Waals surface area contributed by atoms with Gasteiger partial charge in [0.2, 0.25) is 10.0 Å². The zero-order chi connectivity index (χ0) is 21.2. The van der Waals surface area contributed by atoms with Gasteiger partial charge in [-0.3, -0.25) is 10.1 Å². The first-order chi connectivity index (χ1) is 13.7. The normalized spacial score (nSPS) is 11.9. The average Bonchev–Trinajstić information content (AvgIpc) is 3.08. The molecule has 0 saturated heterocycles. The number of carbonyl (C=O) groups excluding carboxylic acids is 1. The first-order valence-corrected chi connectivity index (χ1v) is 11.8. The lowest BCUT2D eigenvalue weighted by Crippen LogP contribution is -2.28. The number of fused-ring (bicyclic) bond motifs is 1. The number of rotatable bonds is 7. The van der Waals surface area contributed by atoms with Gasteiger partial charge in [-0.2, -0.15) is 0 Å². The number of benzene rings is 2. The monoisotopic (exact) mass is 451 g/mol. The number of unbranched alkanes of at least 4 members (excludes halogenated alkanes) is 1. The highest BCUT2D eigenvalue weighted by Gasteiger charge is 2.20. The Labute approximate surface area is 179 Å². The molecule has 0 atom stereocenters. The second-order valence-corrected chi connectivity index (χ2v) is 10.3. The van der Waals surface area contributed by atoms with E-state index in [1.807, 2.05) is 26.0 Å². The maximum absolute atomic E-state index is 12.6. The summed E-state index contributed by atoms with van der Waals surface area (Å²) in [5.74, 6) is -0.351. The van der Waals surface area contributed by atoms with Crippen LogP contribution >= 0.6 is 22.9 Å². The number of nitrogens with one attached hydrogen (secondary N) is 1. The number of thiazole rings is 1. The van der Waals surface area contributed by atoms with Gasteiger partial charge in [0.05, 0.1) is 15.1 Å². The molecule has 0 saturated carbocycles. The summed E-state index contributed by atoms with van der Waals surface area (Å²) in [5, 5.41) is 3.86. The molecule has 0 aliphatic heterocycles. The van der Waals surface area contributed by atoms with Crippen LogP contribution in [-0.4, -0.2) is 37.2 Å². The van der Waals surface area contributed by atoms with Gasteiger partial charge in [-0.15, -0.1) is 0 Å². The minimum absolute atomic E-state index is 0.165. The summed E-state index contributed by atoms with van der Waals surface area (Å²) < 4.78 is 27.4. The Kier molecular flexibility index (Phi) is 6.58. The molecule has 0 aliphatic carbocycles. The van der Waals surface area contributed by atoms with Crippen LogP contribution in [0.1, 0.15) is 35.7 Å². The van der Waals surface area contributed by atoms with Gasteiger partial charge in [-0.25, -0.2) is 17.7 Å². The van der Waals surface area contributed by atoms with Crippen molar-refractivity contribution in [1.82, 2.24) is 9.29 Å². The van der Waals surface area contributed by atoms with Gasteiger partial charge < -0.3 is 0 Å². The number of anilines is 1. The van der Waals surface area contributed by atoms with Crippen molar-refractivity contribution in [2.24, 2.45) is 0 Å². The summed E-state index contributed by atoms with van der Waals surface area (Å²) in [6.07, 6.45) is 1.71. The van der Waals surface area contributed by atoms with E-state index < -0.39 is 10.0 Å². The van der Waals surface area contributed by atoms with Crippen LogP contribution in [0.3, 0.4) is 0 Å². The molecule has 1 amide bonds. The van der Waals surface area contributed by atoms with Crippen LogP contribution in [0.5, 0.6) is 0 Å². The smallest absolute Gasteiger partial charge is 0.257 e. The molecule has 3 aromatic rings. The van der Waals surface area contributed by atoms with Crippen molar-refractivity contribution in [1.29, 1.82) is 0 Å². The Bertz CT molecular complexity index is 1140. The third-order valence-electron chi connectivity index (χ3n) is 4.52. The Morgan fingerprint density at radius 1 is 1.24 bits per heavy atom. The highest BCUT2D eigenvalue weighted by Crippen LogP contribution is 2.31. The van der Waals surface area contributed by atoms with Crippen LogP contribution in [0.2, 0.25) is 5.02 Å². The minimum Gasteiger partial charge on any atom is -0.298 e. The van der Waals surface area contributed by atoms with Gasteiger partial charge in [0, 0.05) is 24.2 Å². The molecule has 2 aromatic carbocycles. The van der Waals surface area contributed by atoms with E-state index in [1.54, 1.807) is 7.05 Å². The molecule has 1 N–H and O–H groups in total. The fourth-order valence-electron chi connectivity index (χ4n) is 2.84. The largest absolute Gasteiger partial charge is 0.298 e. The second-order valence-electron chi connectivity index (χ2n) is 6.75. The van der Waals surface area contributed by atoms with E-state index in [2.05, 4.69) is 10.3 Å². The quantitative estimate of drug-likeness (QED) is 0.552. The highest BCUT2D eigenvalue weighted by atomic mass is 35.5. The topological polar surface area (TPSA) is 79.4 Å². The fraction of sp³-hybridized carbons (Fsp3) is 0.300.